The molecule has 0 aromatic heterocycles. The van der Waals surface area contributed by atoms with Crippen LogP contribution in [-0.2, 0) is 19.6 Å². The molecule has 0 saturated heterocycles. The van der Waals surface area contributed by atoms with E-state index in [2.05, 4.69) is 10.0 Å². The van der Waals surface area contributed by atoms with E-state index in [1.54, 1.807) is 37.3 Å². The summed E-state index contributed by atoms with van der Waals surface area (Å²) in [6.07, 6.45) is -0.138. The highest BCUT2D eigenvalue weighted by Crippen LogP contribution is 2.23. The van der Waals surface area contributed by atoms with E-state index in [9.17, 15) is 18.0 Å². The minimum absolute atomic E-state index is 0.00140. The first-order valence-electron chi connectivity index (χ1n) is 7.92. The van der Waals surface area contributed by atoms with Crippen LogP contribution in [-0.4, -0.2) is 32.7 Å². The van der Waals surface area contributed by atoms with Gasteiger partial charge in [-0.15, -0.1) is 0 Å². The molecule has 144 valence electrons. The van der Waals surface area contributed by atoms with Crippen molar-refractivity contribution in [3.8, 4) is 0 Å². The molecule has 2 rings (SSSR count). The Labute approximate surface area is 162 Å². The Morgan fingerprint density at radius 3 is 2.37 bits per heavy atom. The summed E-state index contributed by atoms with van der Waals surface area (Å²) in [5.74, 6) is -1.37. The fourth-order valence-electron chi connectivity index (χ4n) is 2.20. The van der Waals surface area contributed by atoms with Gasteiger partial charge < -0.3 is 10.1 Å². The number of para-hydroxylation sites is 1. The number of nitrogens with one attached hydrogen (secondary N) is 2. The number of benzene rings is 2. The molecule has 0 fully saturated rings. The molecule has 2 aromatic carbocycles. The van der Waals surface area contributed by atoms with Gasteiger partial charge in [0.2, 0.25) is 10.0 Å². The summed E-state index contributed by atoms with van der Waals surface area (Å²) in [4.78, 5) is 24.7. The molecule has 0 radical (unpaired) electrons. The van der Waals surface area contributed by atoms with Gasteiger partial charge in [-0.2, -0.15) is 0 Å². The van der Waals surface area contributed by atoms with E-state index >= 15 is 0 Å². The molecule has 27 heavy (non-hydrogen) atoms. The minimum atomic E-state index is -3.58. The second-order valence-electron chi connectivity index (χ2n) is 5.87. The summed E-state index contributed by atoms with van der Waals surface area (Å²) in [6, 6.07) is 11.0. The van der Waals surface area contributed by atoms with Gasteiger partial charge in [0.1, 0.15) is 0 Å². The number of carbonyl (C=O) groups excluding carboxylic acids is 2. The first-order chi connectivity index (χ1) is 12.6. The molecular weight excluding hydrogens is 392 g/mol. The molecule has 0 aliphatic heterocycles. The van der Waals surface area contributed by atoms with Gasteiger partial charge in [0.15, 0.2) is 6.10 Å². The van der Waals surface area contributed by atoms with E-state index in [1.165, 1.54) is 19.1 Å². The third kappa shape index (κ3) is 5.70. The van der Waals surface area contributed by atoms with E-state index in [-0.39, 0.29) is 11.3 Å². The summed E-state index contributed by atoms with van der Waals surface area (Å²) in [7, 11) is -3.58. The normalized spacial score (nSPS) is 12.1. The van der Waals surface area contributed by atoms with Gasteiger partial charge in [-0.1, -0.05) is 29.8 Å². The Hall–Kier alpha value is -2.58. The van der Waals surface area contributed by atoms with Gasteiger partial charge in [-0.05, 0) is 43.7 Å². The number of sulfonamides is 1. The van der Waals surface area contributed by atoms with Crippen LogP contribution in [0.25, 0.3) is 0 Å². The lowest BCUT2D eigenvalue weighted by Crippen LogP contribution is -2.30. The number of anilines is 2. The van der Waals surface area contributed by atoms with Crippen molar-refractivity contribution in [3.63, 3.8) is 0 Å². The molecule has 2 aromatic rings. The average Bonchev–Trinajstić information content (AvgIpc) is 2.57. The SMILES string of the molecule is Cc1c(Cl)cccc1NC(=O)[C@H](C)OC(=O)c1ccccc1NS(C)(=O)=O. The van der Waals surface area contributed by atoms with Crippen molar-refractivity contribution in [1.29, 1.82) is 0 Å². The monoisotopic (exact) mass is 410 g/mol. The second kappa shape index (κ2) is 8.41. The number of carbonyl (C=O) groups is 2. The zero-order valence-corrected chi connectivity index (χ0v) is 16.5. The number of esters is 1. The Bertz CT molecular complexity index is 975. The molecule has 2 N–H and O–H groups in total. The fourth-order valence-corrected chi connectivity index (χ4v) is 2.96. The second-order valence-corrected chi connectivity index (χ2v) is 8.02. The first-order valence-corrected chi connectivity index (χ1v) is 10.2. The predicted octanol–water partition coefficient (Wildman–Crippen LogP) is 3.20. The molecule has 1 amide bonds. The summed E-state index contributed by atoms with van der Waals surface area (Å²) < 4.78 is 30.3. The molecule has 7 nitrogen and oxygen atoms in total. The Kier molecular flexibility index (Phi) is 6.45. The van der Waals surface area contributed by atoms with E-state index in [0.29, 0.717) is 16.3 Å². The standard InChI is InChI=1S/C18H19ClN2O5S/c1-11-14(19)8-6-10-15(11)20-17(22)12(2)26-18(23)13-7-4-5-9-16(13)21-27(3,24)25/h4-10,12,21H,1-3H3,(H,20,22)/t12-/m0/s1. The molecule has 0 aliphatic carbocycles. The van der Waals surface area contributed by atoms with Crippen LogP contribution in [0.2, 0.25) is 5.02 Å². The number of rotatable bonds is 6. The molecule has 0 aliphatic rings. The quantitative estimate of drug-likeness (QED) is 0.712. The van der Waals surface area contributed by atoms with Crippen LogP contribution in [0.4, 0.5) is 11.4 Å². The zero-order valence-electron chi connectivity index (χ0n) is 14.9. The summed E-state index contributed by atoms with van der Waals surface area (Å²) in [6.45, 7) is 3.17. The van der Waals surface area contributed by atoms with Crippen molar-refractivity contribution in [3.05, 3.63) is 58.6 Å². The van der Waals surface area contributed by atoms with Gasteiger partial charge in [0.05, 0.1) is 17.5 Å². The maximum absolute atomic E-state index is 12.4. The maximum Gasteiger partial charge on any atom is 0.341 e. The Morgan fingerprint density at radius 2 is 1.70 bits per heavy atom. The topological polar surface area (TPSA) is 102 Å². The van der Waals surface area contributed by atoms with Gasteiger partial charge in [-0.25, -0.2) is 13.2 Å². The maximum atomic E-state index is 12.4. The van der Waals surface area contributed by atoms with Crippen LogP contribution in [0.5, 0.6) is 0 Å². The van der Waals surface area contributed by atoms with Crippen molar-refractivity contribution in [2.45, 2.75) is 20.0 Å². The van der Waals surface area contributed by atoms with Gasteiger partial charge in [0.25, 0.3) is 5.91 Å². The lowest BCUT2D eigenvalue weighted by molar-refractivity contribution is -0.123. The van der Waals surface area contributed by atoms with E-state index < -0.39 is 28.0 Å². The molecule has 0 spiro atoms. The highest BCUT2D eigenvalue weighted by atomic mass is 35.5. The first kappa shape index (κ1) is 20.7. The van der Waals surface area contributed by atoms with Crippen LogP contribution in [0.3, 0.4) is 0 Å². The predicted molar refractivity (Wildman–Crippen MR) is 105 cm³/mol. The largest absolute Gasteiger partial charge is 0.449 e. The highest BCUT2D eigenvalue weighted by Gasteiger charge is 2.22. The molecule has 0 heterocycles. The van der Waals surface area contributed by atoms with Crippen molar-refractivity contribution < 1.29 is 22.7 Å². The molecule has 0 unspecified atom stereocenters. The summed E-state index contributed by atoms with van der Waals surface area (Å²) >= 11 is 6.02. The lowest BCUT2D eigenvalue weighted by Gasteiger charge is -2.16. The smallest absolute Gasteiger partial charge is 0.341 e. The van der Waals surface area contributed by atoms with Crippen LogP contribution < -0.4 is 10.0 Å². The molecule has 0 saturated carbocycles. The van der Waals surface area contributed by atoms with Gasteiger partial charge in [-0.3, -0.25) is 9.52 Å². The van der Waals surface area contributed by atoms with E-state index in [4.69, 9.17) is 16.3 Å². The summed E-state index contributed by atoms with van der Waals surface area (Å²) in [5.41, 5.74) is 1.27. The molecule has 9 heteroatoms. The van der Waals surface area contributed by atoms with Crippen LogP contribution in [0, 0.1) is 6.92 Å². The average molecular weight is 411 g/mol. The van der Waals surface area contributed by atoms with E-state index in [0.717, 1.165) is 6.26 Å². The Balaban J connectivity index is 2.11. The summed E-state index contributed by atoms with van der Waals surface area (Å²) in [5, 5.41) is 3.15. The molecular formula is C18H19ClN2O5S. The van der Waals surface area contributed by atoms with Gasteiger partial charge >= 0.3 is 5.97 Å². The van der Waals surface area contributed by atoms with Crippen molar-refractivity contribution >= 4 is 44.9 Å². The third-order valence-electron chi connectivity index (χ3n) is 3.62. The van der Waals surface area contributed by atoms with Crippen molar-refractivity contribution in [1.82, 2.24) is 0 Å². The fraction of sp³-hybridized carbons (Fsp3) is 0.222. The van der Waals surface area contributed by atoms with Crippen molar-refractivity contribution in [2.75, 3.05) is 16.3 Å². The Morgan fingerprint density at radius 1 is 1.07 bits per heavy atom. The van der Waals surface area contributed by atoms with Crippen LogP contribution in [0.15, 0.2) is 42.5 Å². The third-order valence-corrected chi connectivity index (χ3v) is 4.62. The van der Waals surface area contributed by atoms with Gasteiger partial charge in [0, 0.05) is 10.7 Å². The number of hydrogen-bond acceptors (Lipinski definition) is 5. The number of amides is 1. The number of ether oxygens (including phenoxy) is 1. The van der Waals surface area contributed by atoms with Crippen LogP contribution in [0.1, 0.15) is 22.8 Å². The highest BCUT2D eigenvalue weighted by molar-refractivity contribution is 7.92. The molecule has 0 bridgehead atoms. The zero-order chi connectivity index (χ0) is 20.2. The molecule has 1 atom stereocenters. The number of hydrogen-bond donors (Lipinski definition) is 2. The van der Waals surface area contributed by atoms with E-state index in [1.807, 2.05) is 0 Å². The number of halogens is 1. The van der Waals surface area contributed by atoms with Crippen molar-refractivity contribution in [2.24, 2.45) is 0 Å². The minimum Gasteiger partial charge on any atom is -0.449 e. The lowest BCUT2D eigenvalue weighted by atomic mass is 10.2. The van der Waals surface area contributed by atoms with Crippen LogP contribution >= 0.6 is 11.6 Å².